The van der Waals surface area contributed by atoms with Crippen molar-refractivity contribution in [3.05, 3.63) is 56.8 Å². The van der Waals surface area contributed by atoms with E-state index in [0.717, 1.165) is 6.20 Å². The highest BCUT2D eigenvalue weighted by Crippen LogP contribution is 2.41. The van der Waals surface area contributed by atoms with Gasteiger partial charge in [-0.3, -0.25) is 0 Å². The fourth-order valence-corrected chi connectivity index (χ4v) is 3.20. The summed E-state index contributed by atoms with van der Waals surface area (Å²) in [6.45, 7) is 2.81. The Hall–Kier alpha value is -2.69. The van der Waals surface area contributed by atoms with E-state index >= 15 is 0 Å². The number of nitrogens with one attached hydrogen (secondary N) is 1. The van der Waals surface area contributed by atoms with Crippen LogP contribution in [-0.2, 0) is 25.2 Å². The first kappa shape index (κ1) is 24.0. The van der Waals surface area contributed by atoms with Crippen LogP contribution in [-0.4, -0.2) is 22.7 Å². The highest BCUT2D eigenvalue weighted by Gasteiger charge is 2.39. The van der Waals surface area contributed by atoms with Crippen LogP contribution in [0.15, 0.2) is 36.2 Å². The number of halogens is 6. The zero-order chi connectivity index (χ0) is 23.8. The first-order valence-corrected chi connectivity index (χ1v) is 9.73. The van der Waals surface area contributed by atoms with Crippen LogP contribution < -0.4 is 10.1 Å². The molecule has 170 valence electrons. The van der Waals surface area contributed by atoms with E-state index < -0.39 is 40.1 Å². The average Bonchev–Trinajstić information content (AvgIpc) is 2.63. The van der Waals surface area contributed by atoms with E-state index in [1.165, 1.54) is 26.0 Å². The molecule has 0 radical (unpaired) electrons. The van der Waals surface area contributed by atoms with Gasteiger partial charge in [-0.05, 0) is 18.2 Å². The van der Waals surface area contributed by atoms with Crippen LogP contribution in [0.25, 0.3) is 0 Å². The lowest BCUT2D eigenvalue weighted by atomic mass is 10.2. The maximum atomic E-state index is 12.7. The van der Waals surface area contributed by atoms with Gasteiger partial charge in [-0.1, -0.05) is 34.8 Å². The number of benzene rings is 1. The van der Waals surface area contributed by atoms with Crippen molar-refractivity contribution in [2.24, 2.45) is 0 Å². The van der Waals surface area contributed by atoms with E-state index in [1.807, 2.05) is 0 Å². The number of ether oxygens (including phenoxy) is 3. The number of alkyl halides is 3. The molecule has 1 aliphatic heterocycles. The fraction of sp³-hybridized carbons (Fsp3) is 0.211. The fourth-order valence-electron chi connectivity index (χ4n) is 2.43. The number of rotatable bonds is 4. The zero-order valence-electron chi connectivity index (χ0n) is 16.1. The third kappa shape index (κ3) is 5.37. The number of aromatic nitrogens is 1. The topological polar surface area (TPSA) is 86.8 Å². The molecule has 13 heteroatoms. The largest absolute Gasteiger partial charge is 0.434 e. The molecule has 0 saturated carbocycles. The standard InChI is InChI=1S/C19H12Cl3F3N2O5/c1-18(2)31-16(28)10(17(29)32-18)7-26-9-4-11(20)14(12(21)5-9)30-15-13(22)3-8(6-27-15)19(23,24)25/h3-7,26H,1-2H3. The van der Waals surface area contributed by atoms with Gasteiger partial charge in [-0.15, -0.1) is 0 Å². The Labute approximate surface area is 194 Å². The summed E-state index contributed by atoms with van der Waals surface area (Å²) in [7, 11) is 0. The summed E-state index contributed by atoms with van der Waals surface area (Å²) in [4.78, 5) is 27.5. The van der Waals surface area contributed by atoms with Gasteiger partial charge < -0.3 is 19.5 Å². The minimum absolute atomic E-state index is 0.0638. The molecule has 0 unspecified atom stereocenters. The number of nitrogens with zero attached hydrogens (tertiary/aromatic N) is 1. The Balaban J connectivity index is 1.80. The second-order valence-electron chi connectivity index (χ2n) is 6.76. The van der Waals surface area contributed by atoms with Crippen LogP contribution in [0.2, 0.25) is 15.1 Å². The summed E-state index contributed by atoms with van der Waals surface area (Å²) in [6, 6.07) is 3.29. The molecule has 3 rings (SSSR count). The highest BCUT2D eigenvalue weighted by molar-refractivity contribution is 6.37. The Morgan fingerprint density at radius 3 is 2.09 bits per heavy atom. The smallest absolute Gasteiger partial charge is 0.417 e. The second kappa shape index (κ2) is 8.68. The summed E-state index contributed by atoms with van der Waals surface area (Å²) >= 11 is 18.1. The molecule has 1 fully saturated rings. The molecule has 1 N–H and O–H groups in total. The van der Waals surface area contributed by atoms with Gasteiger partial charge in [0.1, 0.15) is 5.02 Å². The molecule has 0 amide bonds. The van der Waals surface area contributed by atoms with Crippen molar-refractivity contribution in [1.29, 1.82) is 0 Å². The van der Waals surface area contributed by atoms with Crippen LogP contribution in [0.5, 0.6) is 11.6 Å². The average molecular weight is 512 g/mol. The van der Waals surface area contributed by atoms with E-state index in [0.29, 0.717) is 12.3 Å². The molecule has 7 nitrogen and oxygen atoms in total. The third-order valence-electron chi connectivity index (χ3n) is 3.83. The van der Waals surface area contributed by atoms with Crippen molar-refractivity contribution in [1.82, 2.24) is 4.98 Å². The van der Waals surface area contributed by atoms with Crippen molar-refractivity contribution < 1.29 is 37.0 Å². The minimum Gasteiger partial charge on any atom is -0.434 e. The summed E-state index contributed by atoms with van der Waals surface area (Å²) in [6.07, 6.45) is -3.02. The van der Waals surface area contributed by atoms with Gasteiger partial charge in [0.25, 0.3) is 5.79 Å². The first-order valence-electron chi connectivity index (χ1n) is 8.60. The molecule has 2 heterocycles. The number of cyclic esters (lactones) is 2. The first-order chi connectivity index (χ1) is 14.8. The summed E-state index contributed by atoms with van der Waals surface area (Å²) in [5.74, 6) is -3.64. The SMILES string of the molecule is CC1(C)OC(=O)C(=CNc2cc(Cl)c(Oc3ncc(C(F)(F)F)cc3Cl)c(Cl)c2)C(=O)O1. The molecule has 1 aromatic heterocycles. The summed E-state index contributed by atoms with van der Waals surface area (Å²) in [5.41, 5.74) is -1.20. The zero-order valence-corrected chi connectivity index (χ0v) is 18.4. The Morgan fingerprint density at radius 2 is 1.59 bits per heavy atom. The number of carbonyl (C=O) groups excluding carboxylic acids is 2. The van der Waals surface area contributed by atoms with Gasteiger partial charge in [-0.25, -0.2) is 14.6 Å². The predicted octanol–water partition coefficient (Wildman–Crippen LogP) is 5.98. The Morgan fingerprint density at radius 1 is 1.03 bits per heavy atom. The number of carbonyl (C=O) groups is 2. The van der Waals surface area contributed by atoms with Crippen LogP contribution in [0.4, 0.5) is 18.9 Å². The monoisotopic (exact) mass is 510 g/mol. The highest BCUT2D eigenvalue weighted by atomic mass is 35.5. The van der Waals surface area contributed by atoms with Crippen molar-refractivity contribution in [3.63, 3.8) is 0 Å². The molecule has 1 saturated heterocycles. The van der Waals surface area contributed by atoms with E-state index in [1.54, 1.807) is 0 Å². The number of anilines is 1. The van der Waals surface area contributed by atoms with Crippen molar-refractivity contribution >= 4 is 52.4 Å². The molecule has 1 aromatic carbocycles. The van der Waals surface area contributed by atoms with Crippen LogP contribution in [0, 0.1) is 0 Å². The van der Waals surface area contributed by atoms with Gasteiger partial charge >= 0.3 is 18.1 Å². The van der Waals surface area contributed by atoms with Crippen molar-refractivity contribution in [2.45, 2.75) is 25.8 Å². The lowest BCUT2D eigenvalue weighted by Crippen LogP contribution is -2.42. The second-order valence-corrected chi connectivity index (χ2v) is 7.98. The molecule has 0 spiro atoms. The maximum absolute atomic E-state index is 12.7. The Kier molecular flexibility index (Phi) is 6.50. The quantitative estimate of drug-likeness (QED) is 0.307. The number of hydrogen-bond donors (Lipinski definition) is 1. The third-order valence-corrected chi connectivity index (χ3v) is 4.66. The van der Waals surface area contributed by atoms with E-state index in [4.69, 9.17) is 49.0 Å². The van der Waals surface area contributed by atoms with Gasteiger partial charge in [-0.2, -0.15) is 13.2 Å². The summed E-state index contributed by atoms with van der Waals surface area (Å²) < 4.78 is 53.5. The molecule has 0 atom stereocenters. The van der Waals surface area contributed by atoms with Gasteiger partial charge in [0, 0.05) is 31.9 Å². The van der Waals surface area contributed by atoms with E-state index in [2.05, 4.69) is 10.3 Å². The molecule has 2 aromatic rings. The lowest BCUT2D eigenvalue weighted by molar-refractivity contribution is -0.222. The molecule has 1 aliphatic rings. The molecule has 0 aliphatic carbocycles. The van der Waals surface area contributed by atoms with E-state index in [9.17, 15) is 22.8 Å². The van der Waals surface area contributed by atoms with Gasteiger partial charge in [0.15, 0.2) is 11.3 Å². The molecular weight excluding hydrogens is 500 g/mol. The maximum Gasteiger partial charge on any atom is 0.417 e. The normalized spacial score (nSPS) is 15.7. The van der Waals surface area contributed by atoms with Crippen molar-refractivity contribution in [2.75, 3.05) is 5.32 Å². The molecular formula is C19H12Cl3F3N2O5. The van der Waals surface area contributed by atoms with E-state index in [-0.39, 0.29) is 27.4 Å². The number of pyridine rings is 1. The van der Waals surface area contributed by atoms with Crippen LogP contribution >= 0.6 is 34.8 Å². The Bertz CT molecular complexity index is 1090. The summed E-state index contributed by atoms with van der Waals surface area (Å²) in [5, 5.41) is 2.12. The predicted molar refractivity (Wildman–Crippen MR) is 109 cm³/mol. The molecule has 32 heavy (non-hydrogen) atoms. The lowest BCUT2D eigenvalue weighted by Gasteiger charge is -2.29. The van der Waals surface area contributed by atoms with Crippen molar-refractivity contribution in [3.8, 4) is 11.6 Å². The van der Waals surface area contributed by atoms with Gasteiger partial charge in [0.05, 0.1) is 15.6 Å². The van der Waals surface area contributed by atoms with Crippen LogP contribution in [0.3, 0.4) is 0 Å². The van der Waals surface area contributed by atoms with Crippen LogP contribution in [0.1, 0.15) is 19.4 Å². The number of esters is 2. The molecule has 0 bridgehead atoms. The number of hydrogen-bond acceptors (Lipinski definition) is 7. The van der Waals surface area contributed by atoms with Gasteiger partial charge in [0.2, 0.25) is 5.88 Å². The minimum atomic E-state index is -4.63.